The van der Waals surface area contributed by atoms with Gasteiger partial charge in [0, 0.05) is 54.2 Å². The van der Waals surface area contributed by atoms with Gasteiger partial charge in [0.2, 0.25) is 0 Å². The quantitative estimate of drug-likeness (QED) is 0.841. The van der Waals surface area contributed by atoms with E-state index in [4.69, 9.17) is 0 Å². The van der Waals surface area contributed by atoms with Crippen molar-refractivity contribution in [1.82, 2.24) is 14.6 Å². The van der Waals surface area contributed by atoms with Gasteiger partial charge in [0.15, 0.2) is 5.03 Å². The van der Waals surface area contributed by atoms with E-state index in [9.17, 15) is 12.6 Å². The van der Waals surface area contributed by atoms with Crippen molar-refractivity contribution >= 4 is 20.8 Å². The molecule has 0 aromatic carbocycles. The Labute approximate surface area is 128 Å². The van der Waals surface area contributed by atoms with Crippen LogP contribution in [0.4, 0.5) is 0 Å². The Kier molecular flexibility index (Phi) is 5.48. The summed E-state index contributed by atoms with van der Waals surface area (Å²) >= 11 is 0. The maximum Gasteiger partial charge on any atom is 0.260 e. The molecule has 2 heterocycles. The molecule has 2 rings (SSSR count). The van der Waals surface area contributed by atoms with Crippen LogP contribution in [-0.2, 0) is 27.4 Å². The summed E-state index contributed by atoms with van der Waals surface area (Å²) in [5, 5.41) is 3.31. The molecule has 1 fully saturated rings. The van der Waals surface area contributed by atoms with E-state index in [2.05, 4.69) is 10.3 Å². The summed E-state index contributed by atoms with van der Waals surface area (Å²) in [5.74, 6) is 0.797. The molecular formula is C13H21N3O3S2. The van der Waals surface area contributed by atoms with Crippen LogP contribution in [0.15, 0.2) is 23.4 Å². The normalized spacial score (nSPS) is 18.2. The molecule has 0 atom stereocenters. The van der Waals surface area contributed by atoms with Crippen molar-refractivity contribution in [1.29, 1.82) is 0 Å². The number of hydrogen-bond donors (Lipinski definition) is 1. The fraction of sp³-hybridized carbons (Fsp3) is 0.615. The van der Waals surface area contributed by atoms with Gasteiger partial charge < -0.3 is 5.32 Å². The zero-order chi connectivity index (χ0) is 15.5. The maximum absolute atomic E-state index is 12.4. The van der Waals surface area contributed by atoms with Gasteiger partial charge in [-0.1, -0.05) is 19.9 Å². The van der Waals surface area contributed by atoms with Gasteiger partial charge in [-0.3, -0.25) is 4.21 Å². The van der Waals surface area contributed by atoms with Crippen LogP contribution in [-0.4, -0.2) is 52.6 Å². The highest BCUT2D eigenvalue weighted by Crippen LogP contribution is 2.15. The van der Waals surface area contributed by atoms with Crippen LogP contribution in [0.2, 0.25) is 0 Å². The lowest BCUT2D eigenvalue weighted by atomic mass is 10.2. The molecule has 0 unspecified atom stereocenters. The monoisotopic (exact) mass is 331 g/mol. The molecule has 6 nitrogen and oxygen atoms in total. The summed E-state index contributed by atoms with van der Waals surface area (Å²) < 4.78 is 37.5. The number of aromatic nitrogens is 1. The van der Waals surface area contributed by atoms with E-state index in [0.717, 1.165) is 5.56 Å². The molecule has 0 amide bonds. The number of rotatable bonds is 5. The molecule has 1 saturated heterocycles. The van der Waals surface area contributed by atoms with Gasteiger partial charge in [-0.25, -0.2) is 13.4 Å². The van der Waals surface area contributed by atoms with E-state index < -0.39 is 20.8 Å². The van der Waals surface area contributed by atoms with Gasteiger partial charge in [0.05, 0.1) is 0 Å². The Hall–Kier alpha value is -0.830. The fourth-order valence-corrected chi connectivity index (χ4v) is 4.62. The van der Waals surface area contributed by atoms with Crippen molar-refractivity contribution in [2.24, 2.45) is 0 Å². The fourth-order valence-electron chi connectivity index (χ4n) is 1.98. The predicted molar refractivity (Wildman–Crippen MR) is 82.8 cm³/mol. The van der Waals surface area contributed by atoms with Crippen molar-refractivity contribution in [3.8, 4) is 0 Å². The van der Waals surface area contributed by atoms with E-state index >= 15 is 0 Å². The summed E-state index contributed by atoms with van der Waals surface area (Å²) in [6, 6.07) is 3.68. The molecule has 0 spiro atoms. The van der Waals surface area contributed by atoms with Gasteiger partial charge in [0.1, 0.15) is 0 Å². The number of nitrogens with zero attached hydrogens (tertiary/aromatic N) is 2. The third-order valence-corrected chi connectivity index (χ3v) is 6.34. The lowest BCUT2D eigenvalue weighted by molar-refractivity contribution is 0.436. The van der Waals surface area contributed by atoms with Crippen molar-refractivity contribution < 1.29 is 12.6 Å². The van der Waals surface area contributed by atoms with E-state index in [-0.39, 0.29) is 5.03 Å². The zero-order valence-electron chi connectivity index (χ0n) is 12.3. The highest BCUT2D eigenvalue weighted by atomic mass is 32.2. The van der Waals surface area contributed by atoms with Gasteiger partial charge in [0.25, 0.3) is 10.0 Å². The molecule has 0 radical (unpaired) electrons. The molecule has 8 heteroatoms. The van der Waals surface area contributed by atoms with Gasteiger partial charge >= 0.3 is 0 Å². The second-order valence-electron chi connectivity index (χ2n) is 5.29. The van der Waals surface area contributed by atoms with E-state index in [1.54, 1.807) is 12.3 Å². The molecule has 0 saturated carbocycles. The Morgan fingerprint density at radius 2 is 2.00 bits per heavy atom. The largest absolute Gasteiger partial charge is 0.310 e. The summed E-state index contributed by atoms with van der Waals surface area (Å²) in [4.78, 5) is 4.08. The van der Waals surface area contributed by atoms with Crippen LogP contribution in [0.3, 0.4) is 0 Å². The Morgan fingerprint density at radius 3 is 2.52 bits per heavy atom. The Bertz CT molecular complexity index is 590. The lowest BCUT2D eigenvalue weighted by Crippen LogP contribution is -2.41. The van der Waals surface area contributed by atoms with Crippen LogP contribution in [0.25, 0.3) is 0 Å². The van der Waals surface area contributed by atoms with Crippen LogP contribution < -0.4 is 5.32 Å². The minimum Gasteiger partial charge on any atom is -0.310 e. The van der Waals surface area contributed by atoms with E-state index in [0.29, 0.717) is 37.2 Å². The highest BCUT2D eigenvalue weighted by molar-refractivity contribution is 7.89. The van der Waals surface area contributed by atoms with Crippen molar-refractivity contribution in [2.75, 3.05) is 24.6 Å². The molecule has 21 heavy (non-hydrogen) atoms. The van der Waals surface area contributed by atoms with E-state index in [1.165, 1.54) is 10.4 Å². The lowest BCUT2D eigenvalue weighted by Gasteiger charge is -2.25. The smallest absolute Gasteiger partial charge is 0.260 e. The van der Waals surface area contributed by atoms with Gasteiger partial charge in [-0.2, -0.15) is 4.31 Å². The molecule has 1 aromatic heterocycles. The first-order valence-corrected chi connectivity index (χ1v) is 9.86. The second-order valence-corrected chi connectivity index (χ2v) is 8.87. The summed E-state index contributed by atoms with van der Waals surface area (Å²) in [7, 11) is -4.46. The molecule has 0 aliphatic carbocycles. The number of hydrogen-bond acceptors (Lipinski definition) is 5. The molecular weight excluding hydrogens is 310 g/mol. The molecule has 0 bridgehead atoms. The Morgan fingerprint density at radius 1 is 1.33 bits per heavy atom. The summed E-state index contributed by atoms with van der Waals surface area (Å²) in [6.07, 6.45) is 1.59. The minimum absolute atomic E-state index is 0.0588. The second kappa shape index (κ2) is 6.95. The van der Waals surface area contributed by atoms with E-state index in [1.807, 2.05) is 13.8 Å². The van der Waals surface area contributed by atoms with Gasteiger partial charge in [-0.15, -0.1) is 0 Å². The predicted octanol–water partition coefficient (Wildman–Crippen LogP) is 0.333. The van der Waals surface area contributed by atoms with Crippen LogP contribution in [0.1, 0.15) is 19.4 Å². The van der Waals surface area contributed by atoms with Crippen LogP contribution in [0.5, 0.6) is 0 Å². The molecule has 118 valence electrons. The third-order valence-electron chi connectivity index (χ3n) is 3.25. The summed E-state index contributed by atoms with van der Waals surface area (Å²) in [6.45, 7) is 5.35. The average Bonchev–Trinajstić information content (AvgIpc) is 2.46. The maximum atomic E-state index is 12.4. The zero-order valence-corrected chi connectivity index (χ0v) is 13.9. The first kappa shape index (κ1) is 16.5. The molecule has 1 aliphatic heterocycles. The third kappa shape index (κ3) is 4.32. The SMILES string of the molecule is CC(C)NCc1ccc(S(=O)(=O)N2CCS(=O)CC2)nc1. The highest BCUT2D eigenvalue weighted by Gasteiger charge is 2.28. The first-order chi connectivity index (χ1) is 9.89. The first-order valence-electron chi connectivity index (χ1n) is 6.93. The molecule has 1 N–H and O–H groups in total. The summed E-state index contributed by atoms with van der Waals surface area (Å²) in [5.41, 5.74) is 0.947. The average molecular weight is 331 g/mol. The topological polar surface area (TPSA) is 79.4 Å². The Balaban J connectivity index is 2.08. The van der Waals surface area contributed by atoms with Crippen molar-refractivity contribution in [3.05, 3.63) is 23.9 Å². The van der Waals surface area contributed by atoms with Crippen LogP contribution >= 0.6 is 0 Å². The number of nitrogens with one attached hydrogen (secondary N) is 1. The number of pyridine rings is 1. The van der Waals surface area contributed by atoms with Crippen molar-refractivity contribution in [2.45, 2.75) is 31.5 Å². The standard InChI is InChI=1S/C13H21N3O3S2/c1-11(2)14-9-12-3-4-13(15-10-12)21(18,19)16-5-7-20(17)8-6-16/h3-4,10-11,14H,5-9H2,1-2H3. The number of sulfonamides is 1. The molecule has 1 aromatic rings. The van der Waals surface area contributed by atoms with Crippen molar-refractivity contribution in [3.63, 3.8) is 0 Å². The molecule has 1 aliphatic rings. The van der Waals surface area contributed by atoms with Crippen LogP contribution in [0, 0.1) is 0 Å². The minimum atomic E-state index is -3.57. The van der Waals surface area contributed by atoms with Gasteiger partial charge in [-0.05, 0) is 11.6 Å².